The molecule has 2 aromatic carbocycles. The van der Waals surface area contributed by atoms with Crippen LogP contribution < -0.4 is 10.0 Å². The van der Waals surface area contributed by atoms with Crippen LogP contribution in [-0.4, -0.2) is 16.3 Å². The lowest BCUT2D eigenvalue weighted by atomic mass is 10.1. The molecule has 2 aliphatic heterocycles. The van der Waals surface area contributed by atoms with E-state index >= 15 is 0 Å². The molecule has 0 atom stereocenters. The fourth-order valence-corrected chi connectivity index (χ4v) is 3.22. The highest BCUT2D eigenvalue weighted by atomic mass is 15.7. The summed E-state index contributed by atoms with van der Waals surface area (Å²) in [5.41, 5.74) is 4.88. The number of anilines is 2. The van der Waals surface area contributed by atoms with Gasteiger partial charge in [0.2, 0.25) is 0 Å². The SMILES string of the molecule is C1=C(c2ccccc2)CN2c3ccccc3-n3nccc3N12. The van der Waals surface area contributed by atoms with E-state index in [9.17, 15) is 0 Å². The molecule has 0 N–H and O–H groups in total. The van der Waals surface area contributed by atoms with Crippen LogP contribution >= 0.6 is 0 Å². The molecule has 0 radical (unpaired) electrons. The summed E-state index contributed by atoms with van der Waals surface area (Å²) >= 11 is 0. The molecule has 0 unspecified atom stereocenters. The van der Waals surface area contributed by atoms with Crippen LogP contribution in [0.5, 0.6) is 0 Å². The van der Waals surface area contributed by atoms with Crippen LogP contribution in [0.4, 0.5) is 11.5 Å². The minimum absolute atomic E-state index is 0.867. The summed E-state index contributed by atoms with van der Waals surface area (Å²) in [4.78, 5) is 0. The van der Waals surface area contributed by atoms with Gasteiger partial charge >= 0.3 is 0 Å². The van der Waals surface area contributed by atoms with Gasteiger partial charge in [-0.15, -0.1) is 0 Å². The fraction of sp³-hybridized carbons (Fsp3) is 0.0556. The molecule has 5 rings (SSSR count). The second-order valence-corrected chi connectivity index (χ2v) is 5.51. The van der Waals surface area contributed by atoms with Gasteiger partial charge in [0, 0.05) is 12.3 Å². The largest absolute Gasteiger partial charge is 0.273 e. The van der Waals surface area contributed by atoms with E-state index in [-0.39, 0.29) is 0 Å². The molecule has 0 bridgehead atoms. The normalized spacial score (nSPS) is 15.2. The second kappa shape index (κ2) is 4.24. The summed E-state index contributed by atoms with van der Waals surface area (Å²) in [6, 6.07) is 21.0. The predicted octanol–water partition coefficient (Wildman–Crippen LogP) is 3.47. The average molecular weight is 286 g/mol. The topological polar surface area (TPSA) is 24.3 Å². The Bertz CT molecular complexity index is 879. The summed E-state index contributed by atoms with van der Waals surface area (Å²) < 4.78 is 2.00. The van der Waals surface area contributed by atoms with E-state index < -0.39 is 0 Å². The van der Waals surface area contributed by atoms with Crippen LogP contribution in [-0.2, 0) is 0 Å². The van der Waals surface area contributed by atoms with Gasteiger partial charge in [0.05, 0.1) is 24.1 Å². The van der Waals surface area contributed by atoms with Crippen molar-refractivity contribution in [3.63, 3.8) is 0 Å². The molecular formula is C18H14N4. The third-order valence-corrected chi connectivity index (χ3v) is 4.25. The summed E-state index contributed by atoms with van der Waals surface area (Å²) in [7, 11) is 0. The molecule has 0 amide bonds. The summed E-state index contributed by atoms with van der Waals surface area (Å²) in [5.74, 6) is 1.07. The Balaban J connectivity index is 1.68. The van der Waals surface area contributed by atoms with Crippen molar-refractivity contribution < 1.29 is 0 Å². The number of hydrogen-bond acceptors (Lipinski definition) is 3. The Morgan fingerprint density at radius 1 is 0.818 bits per heavy atom. The van der Waals surface area contributed by atoms with E-state index in [0.717, 1.165) is 18.1 Å². The number of para-hydroxylation sites is 2. The number of hydrazine groups is 1. The Hall–Kier alpha value is -3.01. The molecule has 3 aromatic rings. The van der Waals surface area contributed by atoms with Gasteiger partial charge in [-0.1, -0.05) is 42.5 Å². The van der Waals surface area contributed by atoms with Crippen LogP contribution in [0.2, 0.25) is 0 Å². The first-order valence-corrected chi connectivity index (χ1v) is 7.38. The smallest absolute Gasteiger partial charge is 0.155 e. The minimum atomic E-state index is 0.867. The number of aromatic nitrogens is 2. The zero-order valence-corrected chi connectivity index (χ0v) is 11.9. The Morgan fingerprint density at radius 2 is 1.59 bits per heavy atom. The van der Waals surface area contributed by atoms with E-state index in [2.05, 4.69) is 75.9 Å². The molecule has 0 spiro atoms. The first-order valence-electron chi connectivity index (χ1n) is 7.38. The first kappa shape index (κ1) is 11.6. The van der Waals surface area contributed by atoms with E-state index in [1.54, 1.807) is 0 Å². The fourth-order valence-electron chi connectivity index (χ4n) is 3.22. The number of benzene rings is 2. The number of fused-ring (bicyclic) bond motifs is 6. The molecule has 0 saturated heterocycles. The molecule has 22 heavy (non-hydrogen) atoms. The van der Waals surface area contributed by atoms with E-state index in [0.29, 0.717) is 0 Å². The van der Waals surface area contributed by atoms with Gasteiger partial charge < -0.3 is 0 Å². The average Bonchev–Trinajstić information content (AvgIpc) is 3.23. The molecule has 3 heterocycles. The lowest BCUT2D eigenvalue weighted by Crippen LogP contribution is -2.40. The molecule has 2 aliphatic rings. The zero-order chi connectivity index (χ0) is 14.5. The molecule has 0 saturated carbocycles. The van der Waals surface area contributed by atoms with Crippen molar-refractivity contribution in [1.29, 1.82) is 0 Å². The number of rotatable bonds is 1. The van der Waals surface area contributed by atoms with Crippen molar-refractivity contribution in [3.05, 3.63) is 78.6 Å². The Kier molecular flexibility index (Phi) is 2.24. The lowest BCUT2D eigenvalue weighted by Gasteiger charge is -2.36. The molecule has 106 valence electrons. The Labute approximate surface area is 128 Å². The van der Waals surface area contributed by atoms with Crippen LogP contribution in [0.15, 0.2) is 73.1 Å². The molecule has 1 aromatic heterocycles. The van der Waals surface area contributed by atoms with Crippen LogP contribution in [0, 0.1) is 0 Å². The van der Waals surface area contributed by atoms with Gasteiger partial charge in [0.25, 0.3) is 0 Å². The lowest BCUT2D eigenvalue weighted by molar-refractivity contribution is 0.780. The third kappa shape index (κ3) is 1.49. The van der Waals surface area contributed by atoms with Crippen molar-refractivity contribution in [3.8, 4) is 5.69 Å². The van der Waals surface area contributed by atoms with Crippen molar-refractivity contribution >= 4 is 17.1 Å². The van der Waals surface area contributed by atoms with Crippen molar-refractivity contribution in [2.45, 2.75) is 0 Å². The van der Waals surface area contributed by atoms with E-state index in [4.69, 9.17) is 0 Å². The maximum atomic E-state index is 4.48. The van der Waals surface area contributed by atoms with Gasteiger partial charge in [-0.05, 0) is 23.3 Å². The highest BCUT2D eigenvalue weighted by Gasteiger charge is 2.32. The maximum absolute atomic E-state index is 4.48. The maximum Gasteiger partial charge on any atom is 0.155 e. The van der Waals surface area contributed by atoms with Gasteiger partial charge in [-0.3, -0.25) is 5.01 Å². The van der Waals surface area contributed by atoms with Gasteiger partial charge in [0.1, 0.15) is 0 Å². The van der Waals surface area contributed by atoms with Gasteiger partial charge in [-0.2, -0.15) is 5.10 Å². The number of nitrogens with zero attached hydrogens (tertiary/aromatic N) is 4. The van der Waals surface area contributed by atoms with Crippen molar-refractivity contribution in [2.24, 2.45) is 0 Å². The summed E-state index contributed by atoms with van der Waals surface area (Å²) in [5, 5.41) is 8.97. The molecular weight excluding hydrogens is 272 g/mol. The van der Waals surface area contributed by atoms with Crippen LogP contribution in [0.3, 0.4) is 0 Å². The van der Waals surface area contributed by atoms with E-state index in [1.807, 2.05) is 16.9 Å². The second-order valence-electron chi connectivity index (χ2n) is 5.51. The van der Waals surface area contributed by atoms with Crippen LogP contribution in [0.1, 0.15) is 5.56 Å². The quantitative estimate of drug-likeness (QED) is 0.684. The Morgan fingerprint density at radius 3 is 2.45 bits per heavy atom. The van der Waals surface area contributed by atoms with Crippen molar-refractivity contribution in [2.75, 3.05) is 16.6 Å². The van der Waals surface area contributed by atoms with E-state index in [1.165, 1.54) is 16.8 Å². The first-order chi connectivity index (χ1) is 10.9. The molecule has 4 heteroatoms. The number of hydrogen-bond donors (Lipinski definition) is 0. The van der Waals surface area contributed by atoms with Crippen LogP contribution in [0.25, 0.3) is 11.3 Å². The highest BCUT2D eigenvalue weighted by Crippen LogP contribution is 2.40. The van der Waals surface area contributed by atoms with Gasteiger partial charge in [-0.25, -0.2) is 9.69 Å². The molecule has 0 fully saturated rings. The monoisotopic (exact) mass is 286 g/mol. The summed E-state index contributed by atoms with van der Waals surface area (Å²) in [6.07, 6.45) is 4.06. The molecule has 4 nitrogen and oxygen atoms in total. The van der Waals surface area contributed by atoms with Crippen molar-refractivity contribution in [1.82, 2.24) is 9.78 Å². The highest BCUT2D eigenvalue weighted by molar-refractivity contribution is 5.84. The zero-order valence-electron chi connectivity index (χ0n) is 11.9. The third-order valence-electron chi connectivity index (χ3n) is 4.25. The molecule has 0 aliphatic carbocycles. The minimum Gasteiger partial charge on any atom is -0.273 e. The predicted molar refractivity (Wildman–Crippen MR) is 87.8 cm³/mol. The summed E-state index contributed by atoms with van der Waals surface area (Å²) in [6.45, 7) is 0.867. The van der Waals surface area contributed by atoms with Gasteiger partial charge in [0.15, 0.2) is 5.82 Å². The standard InChI is InChI=1S/C18H14N4/c1-2-6-14(7-3-1)15-12-20-16-8-4-5-9-17(16)22-18(10-11-19-22)21(20)13-15/h1-11,13H,12H2.